The van der Waals surface area contributed by atoms with Gasteiger partial charge in [0.1, 0.15) is 5.92 Å². The topological polar surface area (TPSA) is 82.1 Å². The molecule has 2 aromatic rings. The Bertz CT molecular complexity index is 942. The molecular weight excluding hydrogens is 374 g/mol. The molecule has 0 bridgehead atoms. The van der Waals surface area contributed by atoms with Crippen molar-refractivity contribution in [3.8, 4) is 11.5 Å². The number of methoxy groups -OCH3 is 1. The van der Waals surface area contributed by atoms with Crippen molar-refractivity contribution in [2.24, 2.45) is 5.92 Å². The molecule has 150 valence electrons. The van der Waals surface area contributed by atoms with Crippen molar-refractivity contribution in [3.63, 3.8) is 0 Å². The van der Waals surface area contributed by atoms with Gasteiger partial charge in [0.05, 0.1) is 6.04 Å². The largest absolute Gasteiger partial charge is 0.454 e. The standard InChI is InChI=1S/C22H21NO6/c1-27-11-5-10-23-19(15-8-9-16-17(12-15)29-13-28-16)18(21(25)22(23)26)20(24)14-6-3-2-4-7-14/h2-4,6-9,12,18-19H,5,10-11,13H2,1H3. The third-order valence-corrected chi connectivity index (χ3v) is 5.23. The highest BCUT2D eigenvalue weighted by Crippen LogP contribution is 2.42. The Kier molecular flexibility index (Phi) is 5.31. The number of ether oxygens (including phenoxy) is 3. The Balaban J connectivity index is 1.74. The fourth-order valence-corrected chi connectivity index (χ4v) is 3.86. The highest BCUT2D eigenvalue weighted by molar-refractivity contribution is 6.44. The van der Waals surface area contributed by atoms with Crippen LogP contribution in [0.2, 0.25) is 0 Å². The second-order valence-corrected chi connectivity index (χ2v) is 6.97. The van der Waals surface area contributed by atoms with Gasteiger partial charge in [0, 0.05) is 25.8 Å². The summed E-state index contributed by atoms with van der Waals surface area (Å²) in [4.78, 5) is 40.4. The number of benzene rings is 2. The van der Waals surface area contributed by atoms with Crippen LogP contribution in [0.25, 0.3) is 0 Å². The number of ketones is 2. The van der Waals surface area contributed by atoms with E-state index >= 15 is 0 Å². The highest BCUT2D eigenvalue weighted by Gasteiger charge is 2.51. The summed E-state index contributed by atoms with van der Waals surface area (Å²) in [5.74, 6) is -1.65. The van der Waals surface area contributed by atoms with Crippen LogP contribution in [0, 0.1) is 5.92 Å². The molecule has 0 aliphatic carbocycles. The minimum atomic E-state index is -1.10. The average molecular weight is 395 g/mol. The quantitative estimate of drug-likeness (QED) is 0.310. The van der Waals surface area contributed by atoms with Gasteiger partial charge in [-0.15, -0.1) is 0 Å². The van der Waals surface area contributed by atoms with Crippen molar-refractivity contribution in [1.29, 1.82) is 0 Å². The Hall–Kier alpha value is -3.19. The number of nitrogens with zero attached hydrogens (tertiary/aromatic N) is 1. The predicted octanol–water partition coefficient (Wildman–Crippen LogP) is 2.40. The molecule has 0 aromatic heterocycles. The van der Waals surface area contributed by atoms with E-state index in [1.807, 2.05) is 0 Å². The van der Waals surface area contributed by atoms with Gasteiger partial charge in [0.25, 0.3) is 5.91 Å². The molecule has 2 aromatic carbocycles. The highest BCUT2D eigenvalue weighted by atomic mass is 16.7. The van der Waals surface area contributed by atoms with E-state index in [-0.39, 0.29) is 12.6 Å². The van der Waals surface area contributed by atoms with Crippen LogP contribution in [0.4, 0.5) is 0 Å². The smallest absolute Gasteiger partial charge is 0.291 e. The lowest BCUT2D eigenvalue weighted by molar-refractivity contribution is -0.140. The summed E-state index contributed by atoms with van der Waals surface area (Å²) < 4.78 is 15.9. The molecule has 2 unspecified atom stereocenters. The lowest BCUT2D eigenvalue weighted by atomic mass is 9.86. The summed E-state index contributed by atoms with van der Waals surface area (Å²) >= 11 is 0. The Morgan fingerprint density at radius 2 is 1.86 bits per heavy atom. The number of hydrogen-bond donors (Lipinski definition) is 0. The van der Waals surface area contributed by atoms with E-state index in [1.165, 1.54) is 4.90 Å². The first kappa shape index (κ1) is 19.1. The van der Waals surface area contributed by atoms with Gasteiger partial charge in [-0.1, -0.05) is 36.4 Å². The molecular formula is C22H21NO6. The molecule has 1 fully saturated rings. The fourth-order valence-electron chi connectivity index (χ4n) is 3.86. The van der Waals surface area contributed by atoms with Crippen molar-refractivity contribution < 1.29 is 28.6 Å². The van der Waals surface area contributed by atoms with Gasteiger partial charge in [-0.3, -0.25) is 14.4 Å². The van der Waals surface area contributed by atoms with Crippen LogP contribution < -0.4 is 9.47 Å². The minimum Gasteiger partial charge on any atom is -0.454 e. The van der Waals surface area contributed by atoms with Crippen molar-refractivity contribution in [2.75, 3.05) is 27.1 Å². The van der Waals surface area contributed by atoms with Gasteiger partial charge in [0.2, 0.25) is 12.6 Å². The van der Waals surface area contributed by atoms with Gasteiger partial charge < -0.3 is 19.1 Å². The SMILES string of the molecule is COCCCN1C(=O)C(=O)C(C(=O)c2ccccc2)C1c1ccc2c(c1)OCO2. The van der Waals surface area contributed by atoms with Gasteiger partial charge in [-0.25, -0.2) is 0 Å². The number of Topliss-reactive ketones (excluding diaryl/α,β-unsaturated/α-hetero) is 2. The minimum absolute atomic E-state index is 0.116. The molecule has 2 atom stereocenters. The van der Waals surface area contributed by atoms with Crippen LogP contribution >= 0.6 is 0 Å². The summed E-state index contributed by atoms with van der Waals surface area (Å²) in [6.07, 6.45) is 0.558. The van der Waals surface area contributed by atoms with Gasteiger partial charge in [0.15, 0.2) is 17.3 Å². The molecule has 2 aliphatic heterocycles. The second kappa shape index (κ2) is 8.05. The zero-order valence-corrected chi connectivity index (χ0v) is 16.0. The van der Waals surface area contributed by atoms with Gasteiger partial charge in [-0.2, -0.15) is 0 Å². The third-order valence-electron chi connectivity index (χ3n) is 5.23. The summed E-state index contributed by atoms with van der Waals surface area (Å²) in [6.45, 7) is 0.879. The van der Waals surface area contributed by atoms with E-state index in [2.05, 4.69) is 0 Å². The van der Waals surface area contributed by atoms with E-state index in [4.69, 9.17) is 14.2 Å². The number of rotatable bonds is 7. The number of amides is 1. The predicted molar refractivity (Wildman–Crippen MR) is 103 cm³/mol. The Labute approximate surface area is 168 Å². The van der Waals surface area contributed by atoms with Crippen molar-refractivity contribution in [1.82, 2.24) is 4.90 Å². The van der Waals surface area contributed by atoms with E-state index in [9.17, 15) is 14.4 Å². The molecule has 7 nitrogen and oxygen atoms in total. The van der Waals surface area contributed by atoms with E-state index < -0.39 is 23.7 Å². The zero-order valence-electron chi connectivity index (χ0n) is 16.0. The first-order valence-corrected chi connectivity index (χ1v) is 9.44. The van der Waals surface area contributed by atoms with Crippen LogP contribution in [-0.2, 0) is 14.3 Å². The molecule has 7 heteroatoms. The van der Waals surface area contributed by atoms with E-state index in [0.29, 0.717) is 42.2 Å². The monoisotopic (exact) mass is 395 g/mol. The fraction of sp³-hybridized carbons (Fsp3) is 0.318. The van der Waals surface area contributed by atoms with E-state index in [0.717, 1.165) is 0 Å². The third kappa shape index (κ3) is 3.49. The first-order valence-electron chi connectivity index (χ1n) is 9.44. The summed E-state index contributed by atoms with van der Waals surface area (Å²) in [5.41, 5.74) is 1.07. The number of fused-ring (bicyclic) bond motifs is 1. The first-order chi connectivity index (χ1) is 14.1. The molecule has 2 aliphatic rings. The lowest BCUT2D eigenvalue weighted by Gasteiger charge is -2.27. The molecule has 0 spiro atoms. The van der Waals surface area contributed by atoms with Crippen molar-refractivity contribution in [3.05, 3.63) is 59.7 Å². The molecule has 4 rings (SSSR count). The van der Waals surface area contributed by atoms with Crippen molar-refractivity contribution >= 4 is 17.5 Å². The van der Waals surface area contributed by atoms with Crippen molar-refractivity contribution in [2.45, 2.75) is 12.5 Å². The summed E-state index contributed by atoms with van der Waals surface area (Å²) in [6, 6.07) is 13.1. The summed E-state index contributed by atoms with van der Waals surface area (Å²) in [5, 5.41) is 0. The van der Waals surface area contributed by atoms with Crippen LogP contribution in [0.5, 0.6) is 11.5 Å². The van der Waals surface area contributed by atoms with Gasteiger partial charge in [-0.05, 0) is 24.1 Å². The molecule has 1 saturated heterocycles. The van der Waals surface area contributed by atoms with Crippen LogP contribution in [0.15, 0.2) is 48.5 Å². The number of likely N-dealkylation sites (tertiary alicyclic amines) is 1. The molecule has 29 heavy (non-hydrogen) atoms. The molecule has 0 radical (unpaired) electrons. The maximum absolute atomic E-state index is 13.2. The second-order valence-electron chi connectivity index (χ2n) is 6.97. The van der Waals surface area contributed by atoms with Gasteiger partial charge >= 0.3 is 0 Å². The normalized spacial score (nSPS) is 20.4. The van der Waals surface area contributed by atoms with Crippen LogP contribution in [0.1, 0.15) is 28.4 Å². The number of hydrogen-bond acceptors (Lipinski definition) is 6. The Morgan fingerprint density at radius 3 is 2.62 bits per heavy atom. The van der Waals surface area contributed by atoms with Crippen LogP contribution in [0.3, 0.4) is 0 Å². The van der Waals surface area contributed by atoms with Crippen LogP contribution in [-0.4, -0.2) is 49.4 Å². The molecule has 0 N–H and O–H groups in total. The molecule has 0 saturated carbocycles. The zero-order chi connectivity index (χ0) is 20.4. The average Bonchev–Trinajstić information content (AvgIpc) is 3.31. The number of carbonyl (C=O) groups is 3. The molecule has 1 amide bonds. The summed E-state index contributed by atoms with van der Waals surface area (Å²) in [7, 11) is 1.58. The lowest BCUT2D eigenvalue weighted by Crippen LogP contribution is -2.32. The van der Waals surface area contributed by atoms with E-state index in [1.54, 1.807) is 55.6 Å². The maximum atomic E-state index is 13.2. The Morgan fingerprint density at radius 1 is 1.10 bits per heavy atom. The number of carbonyl (C=O) groups excluding carboxylic acids is 3. The maximum Gasteiger partial charge on any atom is 0.291 e. The molecule has 2 heterocycles.